The summed E-state index contributed by atoms with van der Waals surface area (Å²) in [5, 5.41) is 5.14. The van der Waals surface area contributed by atoms with Crippen molar-refractivity contribution in [3.05, 3.63) is 0 Å². The molecule has 0 aromatic carbocycles. The Balaban J connectivity index is 4.41. The topological polar surface area (TPSA) is 103 Å². The van der Waals surface area contributed by atoms with Crippen LogP contribution in [0.15, 0.2) is 0 Å². The summed E-state index contributed by atoms with van der Waals surface area (Å²) in [7, 11) is 0. The molecule has 2 atom stereocenters. The van der Waals surface area contributed by atoms with Crippen LogP contribution in [-0.2, 0) is 19.0 Å². The molecule has 2 N–H and O–H groups in total. The number of esters is 1. The average Bonchev–Trinajstić information content (AvgIpc) is 2.53. The second kappa shape index (κ2) is 13.3. The van der Waals surface area contributed by atoms with Gasteiger partial charge in [-0.1, -0.05) is 13.8 Å². The maximum atomic E-state index is 12.3. The summed E-state index contributed by atoms with van der Waals surface area (Å²) in [5.74, 6) is -0.298. The summed E-state index contributed by atoms with van der Waals surface area (Å²) >= 11 is 0. The summed E-state index contributed by atoms with van der Waals surface area (Å²) in [6.45, 7) is 10.1. The van der Waals surface area contributed by atoms with Crippen LogP contribution in [0.4, 0.5) is 9.59 Å². The minimum Gasteiger partial charge on any atom is -0.461 e. The first-order valence-corrected chi connectivity index (χ1v) is 8.86. The van der Waals surface area contributed by atoms with Gasteiger partial charge >= 0.3 is 18.2 Å². The van der Waals surface area contributed by atoms with Gasteiger partial charge in [-0.3, -0.25) is 0 Å². The normalized spacial score (nSPS) is 12.9. The Labute approximate surface area is 150 Å². The largest absolute Gasteiger partial charge is 0.461 e. The highest BCUT2D eigenvalue weighted by molar-refractivity contribution is 5.81. The number of alkyl carbamates (subject to hydrolysis) is 2. The number of carbonyl (C=O) groups excluding carboxylic acids is 3. The molecule has 0 rings (SSSR count). The third-order valence-electron chi connectivity index (χ3n) is 3.56. The standard InChI is InChI=1S/C17H32N2O6/c1-6-23-16(21)18-11-9-8-10-14(19-17(22)24-7-2)15(20)25-13(5)12(3)4/h12-14H,6-11H2,1-5H3,(H,18,21)(H,19,22)/t13-,14?/m0/s1. The number of unbranched alkanes of at least 4 members (excludes halogenated alkanes) is 1. The van der Waals surface area contributed by atoms with Crippen LogP contribution in [0.1, 0.15) is 53.9 Å². The van der Waals surface area contributed by atoms with Gasteiger partial charge in [0.15, 0.2) is 0 Å². The molecule has 0 fully saturated rings. The molecule has 0 aromatic rings. The fraction of sp³-hybridized carbons (Fsp3) is 0.824. The SMILES string of the molecule is CCOC(=O)NCCCCC(NC(=O)OCC)C(=O)O[C@@H](C)C(C)C. The lowest BCUT2D eigenvalue weighted by Gasteiger charge is -2.22. The highest BCUT2D eigenvalue weighted by Gasteiger charge is 2.25. The van der Waals surface area contributed by atoms with Crippen LogP contribution >= 0.6 is 0 Å². The number of carbonyl (C=O) groups is 3. The van der Waals surface area contributed by atoms with Gasteiger partial charge in [-0.2, -0.15) is 0 Å². The van der Waals surface area contributed by atoms with E-state index in [0.717, 1.165) is 0 Å². The smallest absolute Gasteiger partial charge is 0.407 e. The van der Waals surface area contributed by atoms with E-state index < -0.39 is 24.2 Å². The number of hydrogen-bond acceptors (Lipinski definition) is 6. The second-order valence-corrected chi connectivity index (χ2v) is 5.95. The van der Waals surface area contributed by atoms with Crippen molar-refractivity contribution < 1.29 is 28.6 Å². The molecular formula is C17H32N2O6. The first-order chi connectivity index (χ1) is 11.8. The summed E-state index contributed by atoms with van der Waals surface area (Å²) in [6, 6.07) is -0.775. The van der Waals surface area contributed by atoms with Crippen LogP contribution in [0.25, 0.3) is 0 Å². The lowest BCUT2D eigenvalue weighted by molar-refractivity contribution is -0.152. The molecule has 0 aliphatic heterocycles. The molecule has 25 heavy (non-hydrogen) atoms. The van der Waals surface area contributed by atoms with Crippen molar-refractivity contribution in [3.8, 4) is 0 Å². The number of amides is 2. The van der Waals surface area contributed by atoms with Gasteiger partial charge in [0.25, 0.3) is 0 Å². The van der Waals surface area contributed by atoms with E-state index in [9.17, 15) is 14.4 Å². The van der Waals surface area contributed by atoms with Crippen LogP contribution in [0.2, 0.25) is 0 Å². The van der Waals surface area contributed by atoms with Crippen LogP contribution in [0, 0.1) is 5.92 Å². The minimum atomic E-state index is -0.775. The van der Waals surface area contributed by atoms with Crippen molar-refractivity contribution >= 4 is 18.2 Å². The zero-order valence-corrected chi connectivity index (χ0v) is 15.9. The minimum absolute atomic E-state index is 0.181. The maximum absolute atomic E-state index is 12.3. The molecule has 146 valence electrons. The fourth-order valence-electron chi connectivity index (χ4n) is 1.81. The highest BCUT2D eigenvalue weighted by atomic mass is 16.6. The maximum Gasteiger partial charge on any atom is 0.407 e. The predicted octanol–water partition coefficient (Wildman–Crippen LogP) is 2.61. The molecule has 0 saturated heterocycles. The Kier molecular flexibility index (Phi) is 12.3. The van der Waals surface area contributed by atoms with Gasteiger partial charge in [0.1, 0.15) is 12.1 Å². The summed E-state index contributed by atoms with van der Waals surface area (Å²) in [4.78, 5) is 35.1. The molecular weight excluding hydrogens is 328 g/mol. The second-order valence-electron chi connectivity index (χ2n) is 5.95. The third-order valence-corrected chi connectivity index (χ3v) is 3.56. The quantitative estimate of drug-likeness (QED) is 0.333. The molecule has 0 spiro atoms. The molecule has 0 radical (unpaired) electrons. The van der Waals surface area contributed by atoms with E-state index in [1.807, 2.05) is 20.8 Å². The van der Waals surface area contributed by atoms with Crippen molar-refractivity contribution in [1.29, 1.82) is 0 Å². The Morgan fingerprint density at radius 1 is 0.920 bits per heavy atom. The Morgan fingerprint density at radius 3 is 2.08 bits per heavy atom. The van der Waals surface area contributed by atoms with E-state index in [2.05, 4.69) is 10.6 Å². The van der Waals surface area contributed by atoms with Crippen molar-refractivity contribution in [1.82, 2.24) is 10.6 Å². The molecule has 0 saturated carbocycles. The van der Waals surface area contributed by atoms with Gasteiger partial charge in [0, 0.05) is 6.54 Å². The van der Waals surface area contributed by atoms with Gasteiger partial charge in [0.05, 0.1) is 13.2 Å². The van der Waals surface area contributed by atoms with E-state index in [4.69, 9.17) is 14.2 Å². The van der Waals surface area contributed by atoms with Gasteiger partial charge < -0.3 is 24.8 Å². The Bertz CT molecular complexity index is 414. The number of rotatable bonds is 11. The number of hydrogen-bond donors (Lipinski definition) is 2. The van der Waals surface area contributed by atoms with Gasteiger partial charge in [-0.25, -0.2) is 14.4 Å². The predicted molar refractivity (Wildman–Crippen MR) is 93.2 cm³/mol. The molecule has 8 heteroatoms. The van der Waals surface area contributed by atoms with E-state index in [1.165, 1.54) is 0 Å². The van der Waals surface area contributed by atoms with Gasteiger partial charge in [-0.05, 0) is 46.0 Å². The molecule has 0 aliphatic rings. The molecule has 0 aliphatic carbocycles. The van der Waals surface area contributed by atoms with Crippen molar-refractivity contribution in [3.63, 3.8) is 0 Å². The Hall–Kier alpha value is -1.99. The molecule has 0 aromatic heterocycles. The van der Waals surface area contributed by atoms with Gasteiger partial charge in [0.2, 0.25) is 0 Å². The van der Waals surface area contributed by atoms with Crippen LogP contribution < -0.4 is 10.6 Å². The lowest BCUT2D eigenvalue weighted by atomic mass is 10.1. The first-order valence-electron chi connectivity index (χ1n) is 8.86. The van der Waals surface area contributed by atoms with Crippen molar-refractivity contribution in [2.75, 3.05) is 19.8 Å². The molecule has 0 bridgehead atoms. The van der Waals surface area contributed by atoms with Crippen molar-refractivity contribution in [2.45, 2.75) is 66.0 Å². The van der Waals surface area contributed by atoms with Crippen LogP contribution in [-0.4, -0.2) is 50.1 Å². The Morgan fingerprint density at radius 2 is 1.52 bits per heavy atom. The summed E-state index contributed by atoms with van der Waals surface area (Å²) < 4.78 is 15.0. The highest BCUT2D eigenvalue weighted by Crippen LogP contribution is 2.10. The summed E-state index contributed by atoms with van der Waals surface area (Å²) in [5.41, 5.74) is 0. The molecule has 0 heterocycles. The zero-order valence-electron chi connectivity index (χ0n) is 15.9. The molecule has 2 amide bonds. The summed E-state index contributed by atoms with van der Waals surface area (Å²) in [6.07, 6.45) is 0.304. The molecule has 1 unspecified atom stereocenters. The van der Waals surface area contributed by atoms with Crippen LogP contribution in [0.5, 0.6) is 0 Å². The monoisotopic (exact) mass is 360 g/mol. The van der Waals surface area contributed by atoms with Gasteiger partial charge in [-0.15, -0.1) is 0 Å². The molecule has 8 nitrogen and oxygen atoms in total. The van der Waals surface area contributed by atoms with E-state index >= 15 is 0 Å². The number of ether oxygens (including phenoxy) is 3. The van der Waals surface area contributed by atoms with E-state index in [0.29, 0.717) is 32.4 Å². The lowest BCUT2D eigenvalue weighted by Crippen LogP contribution is -2.43. The first kappa shape index (κ1) is 23.0. The zero-order chi connectivity index (χ0) is 19.2. The average molecular weight is 360 g/mol. The number of nitrogens with one attached hydrogen (secondary N) is 2. The fourth-order valence-corrected chi connectivity index (χ4v) is 1.81. The van der Waals surface area contributed by atoms with Crippen LogP contribution in [0.3, 0.4) is 0 Å². The third kappa shape index (κ3) is 11.2. The van der Waals surface area contributed by atoms with Crippen molar-refractivity contribution in [2.24, 2.45) is 5.92 Å². The van der Waals surface area contributed by atoms with E-state index in [1.54, 1.807) is 13.8 Å². The van der Waals surface area contributed by atoms with E-state index in [-0.39, 0.29) is 18.6 Å².